The van der Waals surface area contributed by atoms with Crippen LogP contribution in [0.15, 0.2) is 48.5 Å². The van der Waals surface area contributed by atoms with Gasteiger partial charge < -0.3 is 10.1 Å². The van der Waals surface area contributed by atoms with Crippen LogP contribution in [0, 0.1) is 11.3 Å². The summed E-state index contributed by atoms with van der Waals surface area (Å²) in [5.41, 5.74) is 2.99. The molecular formula is C21H22N2O2. The van der Waals surface area contributed by atoms with Crippen LogP contribution in [-0.4, -0.2) is 6.09 Å². The third-order valence-electron chi connectivity index (χ3n) is 4.69. The number of hydrogen-bond donors (Lipinski definition) is 1. The average molecular weight is 334 g/mol. The smallest absolute Gasteiger partial charge is 0.410 e. The topological polar surface area (TPSA) is 62.1 Å². The maximum atomic E-state index is 11.9. The van der Waals surface area contributed by atoms with E-state index in [0.29, 0.717) is 23.8 Å². The molecule has 0 spiro atoms. The van der Waals surface area contributed by atoms with Crippen molar-refractivity contribution in [1.82, 2.24) is 5.32 Å². The van der Waals surface area contributed by atoms with Crippen LogP contribution in [0.2, 0.25) is 0 Å². The summed E-state index contributed by atoms with van der Waals surface area (Å²) in [6.45, 7) is 0.431. The summed E-state index contributed by atoms with van der Waals surface area (Å²) in [6.07, 6.45) is 6.09. The molecule has 4 nitrogen and oxygen atoms in total. The van der Waals surface area contributed by atoms with Gasteiger partial charge in [-0.25, -0.2) is 4.79 Å². The van der Waals surface area contributed by atoms with Crippen LogP contribution in [-0.2, 0) is 6.54 Å². The van der Waals surface area contributed by atoms with Crippen molar-refractivity contribution in [2.24, 2.45) is 0 Å². The Hall–Kier alpha value is -2.80. The van der Waals surface area contributed by atoms with Crippen LogP contribution in [0.25, 0.3) is 0 Å². The van der Waals surface area contributed by atoms with Crippen LogP contribution in [0.4, 0.5) is 4.79 Å². The molecule has 0 aromatic heterocycles. The number of benzene rings is 2. The fourth-order valence-corrected chi connectivity index (χ4v) is 3.26. The quantitative estimate of drug-likeness (QED) is 0.865. The van der Waals surface area contributed by atoms with Gasteiger partial charge >= 0.3 is 6.09 Å². The first-order valence-electron chi connectivity index (χ1n) is 8.79. The first-order chi connectivity index (χ1) is 12.2. The lowest BCUT2D eigenvalue weighted by Gasteiger charge is -2.22. The average Bonchev–Trinajstić information content (AvgIpc) is 2.68. The van der Waals surface area contributed by atoms with E-state index >= 15 is 0 Å². The number of amides is 1. The van der Waals surface area contributed by atoms with Crippen LogP contribution in [0.1, 0.15) is 54.7 Å². The molecule has 1 aliphatic rings. The van der Waals surface area contributed by atoms with Gasteiger partial charge in [-0.15, -0.1) is 0 Å². The molecule has 0 bridgehead atoms. The lowest BCUT2D eigenvalue weighted by atomic mass is 9.84. The maximum Gasteiger partial charge on any atom is 0.412 e. The van der Waals surface area contributed by atoms with E-state index in [0.717, 1.165) is 5.56 Å². The van der Waals surface area contributed by atoms with E-state index < -0.39 is 6.09 Å². The summed E-state index contributed by atoms with van der Waals surface area (Å²) in [6, 6.07) is 17.0. The molecule has 25 heavy (non-hydrogen) atoms. The Morgan fingerprint density at radius 1 is 1.04 bits per heavy atom. The van der Waals surface area contributed by atoms with Crippen LogP contribution in [0.3, 0.4) is 0 Å². The fraction of sp³-hybridized carbons (Fsp3) is 0.333. The molecule has 0 radical (unpaired) electrons. The van der Waals surface area contributed by atoms with Gasteiger partial charge in [0.05, 0.1) is 11.6 Å². The van der Waals surface area contributed by atoms with Crippen LogP contribution in [0.5, 0.6) is 5.75 Å². The largest absolute Gasteiger partial charge is 0.412 e. The summed E-state index contributed by atoms with van der Waals surface area (Å²) in [7, 11) is 0. The van der Waals surface area contributed by atoms with Gasteiger partial charge in [0.1, 0.15) is 5.75 Å². The third kappa shape index (κ3) is 4.84. The standard InChI is InChI=1S/C21H22N2O2/c22-14-16-8-12-20(13-9-16)25-21(24)23-15-17-6-10-19(11-7-17)18-4-2-1-3-5-18/h6-13,18H,1-5,15H2,(H,23,24). The highest BCUT2D eigenvalue weighted by molar-refractivity contribution is 5.70. The molecule has 1 fully saturated rings. The molecule has 0 aliphatic heterocycles. The Bertz CT molecular complexity index is 739. The highest BCUT2D eigenvalue weighted by Gasteiger charge is 2.15. The highest BCUT2D eigenvalue weighted by Crippen LogP contribution is 2.32. The number of carbonyl (C=O) groups excluding carboxylic acids is 1. The van der Waals surface area contributed by atoms with Crippen molar-refractivity contribution < 1.29 is 9.53 Å². The zero-order valence-electron chi connectivity index (χ0n) is 14.2. The van der Waals surface area contributed by atoms with Crippen LogP contribution < -0.4 is 10.1 Å². The van der Waals surface area contributed by atoms with E-state index in [1.807, 2.05) is 6.07 Å². The minimum absolute atomic E-state index is 0.421. The molecule has 4 heteroatoms. The lowest BCUT2D eigenvalue weighted by Crippen LogP contribution is -2.26. The molecule has 0 heterocycles. The Kier molecular flexibility index (Phi) is 5.69. The summed E-state index contributed by atoms with van der Waals surface area (Å²) in [5.74, 6) is 1.11. The zero-order valence-corrected chi connectivity index (χ0v) is 14.2. The first-order valence-corrected chi connectivity index (χ1v) is 8.79. The molecule has 2 aromatic carbocycles. The first kappa shape index (κ1) is 17.0. The van der Waals surface area contributed by atoms with Gasteiger partial charge in [-0.05, 0) is 54.2 Å². The number of nitrogens with zero attached hydrogens (tertiary/aromatic N) is 1. The zero-order chi connectivity index (χ0) is 17.5. The van der Waals surface area contributed by atoms with E-state index in [9.17, 15) is 4.79 Å². The number of ether oxygens (including phenoxy) is 1. The molecular weight excluding hydrogens is 312 g/mol. The van der Waals surface area contributed by atoms with E-state index in [4.69, 9.17) is 10.00 Å². The summed E-state index contributed by atoms with van der Waals surface area (Å²) in [5, 5.41) is 11.5. The van der Waals surface area contributed by atoms with Gasteiger partial charge in [0.2, 0.25) is 0 Å². The SMILES string of the molecule is N#Cc1ccc(OC(=O)NCc2ccc(C3CCCCC3)cc2)cc1. The summed E-state index contributed by atoms with van der Waals surface area (Å²) >= 11 is 0. The van der Waals surface area contributed by atoms with Crippen LogP contribution >= 0.6 is 0 Å². The Balaban J connectivity index is 1.48. The molecule has 0 saturated heterocycles. The van der Waals surface area contributed by atoms with Crippen molar-refractivity contribution in [2.75, 3.05) is 0 Å². The van der Waals surface area contributed by atoms with Crippen molar-refractivity contribution in [2.45, 2.75) is 44.6 Å². The molecule has 1 saturated carbocycles. The van der Waals surface area contributed by atoms with Crippen molar-refractivity contribution >= 4 is 6.09 Å². The van der Waals surface area contributed by atoms with Crippen molar-refractivity contribution in [1.29, 1.82) is 5.26 Å². The Morgan fingerprint density at radius 2 is 1.72 bits per heavy atom. The van der Waals surface area contributed by atoms with E-state index in [1.165, 1.54) is 37.7 Å². The molecule has 0 atom stereocenters. The number of nitrogens with one attached hydrogen (secondary N) is 1. The molecule has 1 amide bonds. The van der Waals surface area contributed by atoms with Crippen molar-refractivity contribution in [3.8, 4) is 11.8 Å². The maximum absolute atomic E-state index is 11.9. The minimum Gasteiger partial charge on any atom is -0.410 e. The molecule has 1 aliphatic carbocycles. The second-order valence-corrected chi connectivity index (χ2v) is 6.46. The summed E-state index contributed by atoms with van der Waals surface area (Å²) in [4.78, 5) is 11.9. The fourth-order valence-electron chi connectivity index (χ4n) is 3.26. The summed E-state index contributed by atoms with van der Waals surface area (Å²) < 4.78 is 5.20. The molecule has 0 unspecified atom stereocenters. The molecule has 3 rings (SSSR count). The predicted octanol–water partition coefficient (Wildman–Crippen LogP) is 4.89. The normalized spacial score (nSPS) is 14.5. The van der Waals surface area contributed by atoms with Gasteiger partial charge in [0.25, 0.3) is 0 Å². The predicted molar refractivity (Wildman–Crippen MR) is 96.3 cm³/mol. The molecule has 1 N–H and O–H groups in total. The minimum atomic E-state index is -0.499. The molecule has 128 valence electrons. The van der Waals surface area contributed by atoms with Crippen molar-refractivity contribution in [3.05, 3.63) is 65.2 Å². The van der Waals surface area contributed by atoms with E-state index in [-0.39, 0.29) is 0 Å². The third-order valence-corrected chi connectivity index (χ3v) is 4.69. The molecule has 2 aromatic rings. The monoisotopic (exact) mass is 334 g/mol. The van der Waals surface area contributed by atoms with Gasteiger partial charge in [0.15, 0.2) is 0 Å². The van der Waals surface area contributed by atoms with Gasteiger partial charge in [-0.3, -0.25) is 0 Å². The van der Waals surface area contributed by atoms with Crippen molar-refractivity contribution in [3.63, 3.8) is 0 Å². The van der Waals surface area contributed by atoms with E-state index in [2.05, 4.69) is 29.6 Å². The highest BCUT2D eigenvalue weighted by atomic mass is 16.5. The number of carbonyl (C=O) groups is 1. The number of nitriles is 1. The Morgan fingerprint density at radius 3 is 2.36 bits per heavy atom. The second kappa shape index (κ2) is 8.34. The Labute approximate surface area is 148 Å². The number of hydrogen-bond acceptors (Lipinski definition) is 3. The van der Waals surface area contributed by atoms with E-state index in [1.54, 1.807) is 24.3 Å². The second-order valence-electron chi connectivity index (χ2n) is 6.46. The van der Waals surface area contributed by atoms with Gasteiger partial charge in [-0.2, -0.15) is 5.26 Å². The van der Waals surface area contributed by atoms with Gasteiger partial charge in [0, 0.05) is 6.54 Å². The number of rotatable bonds is 4. The van der Waals surface area contributed by atoms with Gasteiger partial charge in [-0.1, -0.05) is 43.5 Å². The lowest BCUT2D eigenvalue weighted by molar-refractivity contribution is 0.200.